The summed E-state index contributed by atoms with van der Waals surface area (Å²) in [6, 6.07) is 9.34. The van der Waals surface area contributed by atoms with Crippen LogP contribution in [0.25, 0.3) is 11.0 Å². The Morgan fingerprint density at radius 1 is 1.07 bits per heavy atom. The molecule has 3 aromatic rings. The average Bonchev–Trinajstić information content (AvgIpc) is 2.79. The number of nitrogens with zero attached hydrogens (tertiary/aromatic N) is 5. The topological polar surface area (TPSA) is 81.0 Å². The number of carbonyl (C=O) groups excluding carboxylic acids is 1. The van der Waals surface area contributed by atoms with Gasteiger partial charge in [0.2, 0.25) is 0 Å². The summed E-state index contributed by atoms with van der Waals surface area (Å²) in [5, 5.41) is 4.64. The average molecular weight is 403 g/mol. The predicted molar refractivity (Wildman–Crippen MR) is 113 cm³/mol. The number of fused-ring (bicyclic) bond motifs is 2. The number of amides is 1. The van der Waals surface area contributed by atoms with Crippen molar-refractivity contribution < 1.29 is 4.79 Å². The van der Waals surface area contributed by atoms with Crippen LogP contribution in [-0.4, -0.2) is 43.6 Å². The van der Waals surface area contributed by atoms with E-state index in [-0.39, 0.29) is 11.5 Å². The number of piperidine rings is 1. The molecule has 7 nitrogen and oxygen atoms in total. The van der Waals surface area contributed by atoms with Crippen LogP contribution in [0.5, 0.6) is 0 Å². The monoisotopic (exact) mass is 403 g/mol. The molecule has 0 radical (unpaired) electrons. The number of hydrogen-bond donors (Lipinski definition) is 0. The van der Waals surface area contributed by atoms with Gasteiger partial charge in [0, 0.05) is 25.7 Å². The maximum absolute atomic E-state index is 12.9. The van der Waals surface area contributed by atoms with E-state index in [1.165, 1.54) is 0 Å². The molecule has 5 rings (SSSR count). The second-order valence-electron chi connectivity index (χ2n) is 8.32. The highest BCUT2D eigenvalue weighted by Gasteiger charge is 2.26. The smallest absolute Gasteiger partial charge is 0.274 e. The summed E-state index contributed by atoms with van der Waals surface area (Å²) in [6.07, 6.45) is 7.51. The minimum atomic E-state index is -0.0734. The van der Waals surface area contributed by atoms with E-state index in [9.17, 15) is 9.59 Å². The zero-order valence-electron chi connectivity index (χ0n) is 17.0. The summed E-state index contributed by atoms with van der Waals surface area (Å²) in [4.78, 5) is 36.0. The van der Waals surface area contributed by atoms with E-state index < -0.39 is 0 Å². The maximum Gasteiger partial charge on any atom is 0.274 e. The molecule has 30 heavy (non-hydrogen) atoms. The quantitative estimate of drug-likeness (QED) is 0.672. The number of rotatable bonds is 3. The normalized spacial score (nSPS) is 17.1. The SMILES string of the molecule is O=C(c1cnc2ccccc2n1)N1CCC(Cn2nc3c(cc2=O)CCCC3)CC1. The first-order valence-electron chi connectivity index (χ1n) is 10.8. The summed E-state index contributed by atoms with van der Waals surface area (Å²) in [7, 11) is 0. The Kier molecular flexibility index (Phi) is 5.02. The van der Waals surface area contributed by atoms with Gasteiger partial charge in [0.05, 0.1) is 22.9 Å². The van der Waals surface area contributed by atoms with Crippen LogP contribution in [0.2, 0.25) is 0 Å². The third-order valence-electron chi connectivity index (χ3n) is 6.27. The highest BCUT2D eigenvalue weighted by Crippen LogP contribution is 2.21. The zero-order chi connectivity index (χ0) is 20.5. The van der Waals surface area contributed by atoms with Crippen molar-refractivity contribution in [1.29, 1.82) is 0 Å². The van der Waals surface area contributed by atoms with Crippen LogP contribution in [0.15, 0.2) is 41.3 Å². The number of aryl methyl sites for hydroxylation is 2. The van der Waals surface area contributed by atoms with Crippen molar-refractivity contribution >= 4 is 16.9 Å². The Morgan fingerprint density at radius 3 is 2.67 bits per heavy atom. The fraction of sp³-hybridized carbons (Fsp3) is 0.435. The maximum atomic E-state index is 12.9. The van der Waals surface area contributed by atoms with E-state index in [0.29, 0.717) is 31.2 Å². The number of benzene rings is 1. The van der Waals surface area contributed by atoms with E-state index >= 15 is 0 Å². The fourth-order valence-corrected chi connectivity index (χ4v) is 4.52. The Hall–Kier alpha value is -3.09. The third kappa shape index (κ3) is 3.72. The molecule has 1 aromatic carbocycles. The van der Waals surface area contributed by atoms with Gasteiger partial charge in [-0.05, 0) is 62.1 Å². The second kappa shape index (κ2) is 7.97. The largest absolute Gasteiger partial charge is 0.337 e. The summed E-state index contributed by atoms with van der Waals surface area (Å²) in [5.41, 5.74) is 4.12. The molecule has 154 valence electrons. The third-order valence-corrected chi connectivity index (χ3v) is 6.27. The lowest BCUT2D eigenvalue weighted by Gasteiger charge is -2.32. The number of likely N-dealkylation sites (tertiary alicyclic amines) is 1. The first kappa shape index (κ1) is 18.9. The van der Waals surface area contributed by atoms with Gasteiger partial charge in [-0.1, -0.05) is 12.1 Å². The fourth-order valence-electron chi connectivity index (χ4n) is 4.52. The molecule has 2 aliphatic rings. The number of hydrogen-bond acceptors (Lipinski definition) is 5. The molecule has 7 heteroatoms. The van der Waals surface area contributed by atoms with Gasteiger partial charge in [-0.3, -0.25) is 14.6 Å². The lowest BCUT2D eigenvalue weighted by atomic mass is 9.95. The molecular weight excluding hydrogens is 378 g/mol. The Bertz CT molecular complexity index is 1150. The Labute approximate surface area is 174 Å². The van der Waals surface area contributed by atoms with Gasteiger partial charge in [-0.15, -0.1) is 0 Å². The molecule has 0 N–H and O–H groups in total. The van der Waals surface area contributed by atoms with Gasteiger partial charge >= 0.3 is 0 Å². The lowest BCUT2D eigenvalue weighted by molar-refractivity contribution is 0.0674. The first-order valence-corrected chi connectivity index (χ1v) is 10.8. The minimum absolute atomic E-state index is 0.000550. The van der Waals surface area contributed by atoms with Crippen molar-refractivity contribution in [2.24, 2.45) is 5.92 Å². The Balaban J connectivity index is 1.24. The van der Waals surface area contributed by atoms with Crippen LogP contribution in [0.3, 0.4) is 0 Å². The molecule has 0 spiro atoms. The van der Waals surface area contributed by atoms with Gasteiger partial charge in [-0.25, -0.2) is 9.67 Å². The van der Waals surface area contributed by atoms with Crippen molar-refractivity contribution in [3.05, 3.63) is 63.8 Å². The van der Waals surface area contributed by atoms with Crippen molar-refractivity contribution in [3.8, 4) is 0 Å². The van der Waals surface area contributed by atoms with Gasteiger partial charge < -0.3 is 4.90 Å². The van der Waals surface area contributed by atoms with Crippen LogP contribution < -0.4 is 5.56 Å². The molecule has 2 aromatic heterocycles. The predicted octanol–water partition coefficient (Wildman–Crippen LogP) is 2.62. The Morgan fingerprint density at radius 2 is 1.83 bits per heavy atom. The van der Waals surface area contributed by atoms with Crippen LogP contribution in [0.4, 0.5) is 0 Å². The van der Waals surface area contributed by atoms with Crippen molar-refractivity contribution in [1.82, 2.24) is 24.6 Å². The molecule has 1 aliphatic carbocycles. The molecule has 1 aliphatic heterocycles. The van der Waals surface area contributed by atoms with Crippen LogP contribution in [0.1, 0.15) is 47.4 Å². The molecule has 0 unspecified atom stereocenters. The molecule has 1 amide bonds. The summed E-state index contributed by atoms with van der Waals surface area (Å²) < 4.78 is 1.64. The number of para-hydroxylation sites is 2. The standard InChI is InChI=1S/C23H25N5O2/c29-22-13-17-5-1-2-6-18(17)26-28(22)15-16-9-11-27(12-10-16)23(30)21-14-24-19-7-3-4-8-20(19)25-21/h3-4,7-8,13-14,16H,1-2,5-6,9-12,15H2. The molecule has 3 heterocycles. The lowest BCUT2D eigenvalue weighted by Crippen LogP contribution is -2.40. The molecule has 1 fully saturated rings. The summed E-state index contributed by atoms with van der Waals surface area (Å²) in [6.45, 7) is 1.96. The second-order valence-corrected chi connectivity index (χ2v) is 8.32. The highest BCUT2D eigenvalue weighted by molar-refractivity contribution is 5.93. The van der Waals surface area contributed by atoms with Crippen LogP contribution in [0, 0.1) is 5.92 Å². The molecule has 0 saturated carbocycles. The first-order chi connectivity index (χ1) is 14.7. The molecule has 0 atom stereocenters. The van der Waals surface area contributed by atoms with E-state index in [4.69, 9.17) is 0 Å². The van der Waals surface area contributed by atoms with Gasteiger partial charge in [-0.2, -0.15) is 5.10 Å². The number of aromatic nitrogens is 4. The van der Waals surface area contributed by atoms with Crippen molar-refractivity contribution in [2.45, 2.75) is 45.1 Å². The van der Waals surface area contributed by atoms with Crippen molar-refractivity contribution in [2.75, 3.05) is 13.1 Å². The van der Waals surface area contributed by atoms with E-state index in [2.05, 4.69) is 15.1 Å². The van der Waals surface area contributed by atoms with E-state index in [1.54, 1.807) is 16.9 Å². The van der Waals surface area contributed by atoms with Gasteiger partial charge in [0.25, 0.3) is 11.5 Å². The molecule has 1 saturated heterocycles. The van der Waals surface area contributed by atoms with Crippen LogP contribution in [-0.2, 0) is 19.4 Å². The van der Waals surface area contributed by atoms with E-state index in [1.807, 2.05) is 29.2 Å². The van der Waals surface area contributed by atoms with E-state index in [0.717, 1.165) is 60.8 Å². The molecular formula is C23H25N5O2. The highest BCUT2D eigenvalue weighted by atomic mass is 16.2. The van der Waals surface area contributed by atoms with Crippen molar-refractivity contribution in [3.63, 3.8) is 0 Å². The minimum Gasteiger partial charge on any atom is -0.337 e. The summed E-state index contributed by atoms with van der Waals surface area (Å²) >= 11 is 0. The van der Waals surface area contributed by atoms with Crippen LogP contribution >= 0.6 is 0 Å². The van der Waals surface area contributed by atoms with Gasteiger partial charge in [0.15, 0.2) is 0 Å². The number of carbonyl (C=O) groups is 1. The summed E-state index contributed by atoms with van der Waals surface area (Å²) in [5.74, 6) is 0.277. The zero-order valence-corrected chi connectivity index (χ0v) is 17.0. The molecule has 0 bridgehead atoms. The van der Waals surface area contributed by atoms with Gasteiger partial charge in [0.1, 0.15) is 5.69 Å².